The Bertz CT molecular complexity index is 763. The molecule has 0 saturated heterocycles. The largest absolute Gasteiger partial charge is 0.478 e. The van der Waals surface area contributed by atoms with Gasteiger partial charge in [0.15, 0.2) is 0 Å². The molecule has 0 saturated carbocycles. The molecule has 1 atom stereocenters. The minimum Gasteiger partial charge on any atom is -0.478 e. The number of benzene rings is 1. The number of aromatic carboxylic acids is 3. The minimum atomic E-state index is -1.51. The molecule has 0 fully saturated rings. The average Bonchev–Trinajstić information content (AvgIpc) is 2.53. The van der Waals surface area contributed by atoms with E-state index in [4.69, 9.17) is 9.84 Å². The molecule has 1 aromatic rings. The van der Waals surface area contributed by atoms with Crippen LogP contribution in [-0.2, 0) is 16.0 Å². The van der Waals surface area contributed by atoms with Gasteiger partial charge in [-0.15, -0.1) is 0 Å². The van der Waals surface area contributed by atoms with Crippen LogP contribution in [0.3, 0.4) is 0 Å². The molecule has 0 aliphatic carbocycles. The van der Waals surface area contributed by atoms with E-state index in [0.717, 1.165) is 12.1 Å². The van der Waals surface area contributed by atoms with E-state index in [1.54, 1.807) is 6.92 Å². The van der Waals surface area contributed by atoms with E-state index in [9.17, 15) is 29.4 Å². The quantitative estimate of drug-likeness (QED) is 0.449. The van der Waals surface area contributed by atoms with E-state index in [2.05, 4.69) is 6.58 Å². The Morgan fingerprint density at radius 1 is 1.04 bits per heavy atom. The fourth-order valence-corrected chi connectivity index (χ4v) is 2.44. The second kappa shape index (κ2) is 8.80. The van der Waals surface area contributed by atoms with E-state index in [-0.39, 0.29) is 23.1 Å². The van der Waals surface area contributed by atoms with Crippen LogP contribution in [-0.4, -0.2) is 45.3 Å². The zero-order chi connectivity index (χ0) is 20.0. The van der Waals surface area contributed by atoms with Crippen LogP contribution in [0.1, 0.15) is 63.3 Å². The van der Waals surface area contributed by atoms with Crippen molar-refractivity contribution in [2.45, 2.75) is 39.2 Å². The number of hydrogen-bond acceptors (Lipinski definition) is 5. The standard InChI is InChI=1S/C18H20O8/c1-9(2)18(25)26-10(3)5-4-6-11-12(15(19)20)7-8-13(16(21)22)14(11)17(23)24/h7-8,10H,1,4-6H2,2-3H3,(H,19,20)(H,21,22)(H,23,24). The van der Waals surface area contributed by atoms with E-state index in [1.165, 1.54) is 6.92 Å². The molecule has 1 rings (SSSR count). The first kappa shape index (κ1) is 20.9. The smallest absolute Gasteiger partial charge is 0.336 e. The molecule has 0 aliphatic heterocycles. The average molecular weight is 364 g/mol. The van der Waals surface area contributed by atoms with Crippen LogP contribution in [0.4, 0.5) is 0 Å². The van der Waals surface area contributed by atoms with E-state index in [1.807, 2.05) is 0 Å². The maximum atomic E-state index is 11.5. The minimum absolute atomic E-state index is 0.0132. The van der Waals surface area contributed by atoms with Crippen molar-refractivity contribution in [2.24, 2.45) is 0 Å². The molecule has 1 aromatic carbocycles. The molecule has 1 unspecified atom stereocenters. The van der Waals surface area contributed by atoms with E-state index >= 15 is 0 Å². The number of carboxylic acid groups (broad SMARTS) is 3. The first-order valence-electron chi connectivity index (χ1n) is 7.78. The van der Waals surface area contributed by atoms with Crippen molar-refractivity contribution in [3.63, 3.8) is 0 Å². The molecular formula is C18H20O8. The maximum absolute atomic E-state index is 11.5. The van der Waals surface area contributed by atoms with Crippen LogP contribution in [0, 0.1) is 0 Å². The Kier molecular flexibility index (Phi) is 7.06. The summed E-state index contributed by atoms with van der Waals surface area (Å²) in [6.45, 7) is 6.61. The monoisotopic (exact) mass is 364 g/mol. The summed E-state index contributed by atoms with van der Waals surface area (Å²) in [5.41, 5.74) is -1.10. The molecule has 0 amide bonds. The fraction of sp³-hybridized carbons (Fsp3) is 0.333. The number of carbonyl (C=O) groups excluding carboxylic acids is 1. The number of carbonyl (C=O) groups is 4. The second-order valence-electron chi connectivity index (χ2n) is 5.82. The highest BCUT2D eigenvalue weighted by atomic mass is 16.5. The van der Waals surface area contributed by atoms with Crippen molar-refractivity contribution in [1.82, 2.24) is 0 Å². The predicted octanol–water partition coefficient (Wildman–Crippen LogP) is 2.61. The lowest BCUT2D eigenvalue weighted by Crippen LogP contribution is -2.18. The summed E-state index contributed by atoms with van der Waals surface area (Å²) in [4.78, 5) is 45.6. The number of hydrogen-bond donors (Lipinski definition) is 3. The van der Waals surface area contributed by atoms with Gasteiger partial charge in [0.2, 0.25) is 0 Å². The summed E-state index contributed by atoms with van der Waals surface area (Å²) in [5, 5.41) is 27.8. The molecule has 0 bridgehead atoms. The Morgan fingerprint density at radius 3 is 2.04 bits per heavy atom. The Labute approximate surface area is 149 Å². The van der Waals surface area contributed by atoms with Gasteiger partial charge in [-0.2, -0.15) is 0 Å². The highest BCUT2D eigenvalue weighted by Crippen LogP contribution is 2.23. The Hall–Kier alpha value is -3.16. The van der Waals surface area contributed by atoms with Gasteiger partial charge in [-0.1, -0.05) is 6.58 Å². The summed E-state index contributed by atoms with van der Waals surface area (Å²) in [5.74, 6) is -4.87. The van der Waals surface area contributed by atoms with Gasteiger partial charge >= 0.3 is 23.9 Å². The molecule has 0 spiro atoms. The number of rotatable bonds is 9. The van der Waals surface area contributed by atoms with Crippen LogP contribution in [0.2, 0.25) is 0 Å². The van der Waals surface area contributed by atoms with Gasteiger partial charge in [0.1, 0.15) is 0 Å². The summed E-state index contributed by atoms with van der Waals surface area (Å²) in [7, 11) is 0. The fourth-order valence-electron chi connectivity index (χ4n) is 2.44. The van der Waals surface area contributed by atoms with Gasteiger partial charge in [0.25, 0.3) is 0 Å². The molecule has 26 heavy (non-hydrogen) atoms. The topological polar surface area (TPSA) is 138 Å². The lowest BCUT2D eigenvalue weighted by atomic mass is 9.91. The van der Waals surface area contributed by atoms with Crippen molar-refractivity contribution in [3.05, 3.63) is 46.5 Å². The molecule has 8 heteroatoms. The SMILES string of the molecule is C=C(C)C(=O)OC(C)CCCc1c(C(=O)O)ccc(C(=O)O)c1C(=O)O. The van der Waals surface area contributed by atoms with E-state index in [0.29, 0.717) is 12.8 Å². The molecule has 0 heterocycles. The molecule has 0 aliphatic rings. The molecule has 0 aromatic heterocycles. The Morgan fingerprint density at radius 2 is 1.58 bits per heavy atom. The predicted molar refractivity (Wildman–Crippen MR) is 90.6 cm³/mol. The van der Waals surface area contributed by atoms with Crippen molar-refractivity contribution in [3.8, 4) is 0 Å². The van der Waals surface area contributed by atoms with Crippen molar-refractivity contribution in [1.29, 1.82) is 0 Å². The summed E-state index contributed by atoms with van der Waals surface area (Å²) < 4.78 is 5.10. The first-order chi connectivity index (χ1) is 12.1. The first-order valence-corrected chi connectivity index (χ1v) is 7.78. The molecule has 8 nitrogen and oxygen atoms in total. The third-order valence-corrected chi connectivity index (χ3v) is 3.68. The zero-order valence-corrected chi connectivity index (χ0v) is 14.4. The van der Waals surface area contributed by atoms with Gasteiger partial charge in [0, 0.05) is 5.57 Å². The van der Waals surface area contributed by atoms with Gasteiger partial charge in [-0.05, 0) is 50.8 Å². The summed E-state index contributed by atoms with van der Waals surface area (Å²) in [6.07, 6.45) is 0.172. The van der Waals surface area contributed by atoms with Crippen molar-refractivity contribution >= 4 is 23.9 Å². The molecule has 0 radical (unpaired) electrons. The third-order valence-electron chi connectivity index (χ3n) is 3.68. The van der Waals surface area contributed by atoms with Crippen molar-refractivity contribution < 1.29 is 39.2 Å². The van der Waals surface area contributed by atoms with Crippen LogP contribution < -0.4 is 0 Å². The maximum Gasteiger partial charge on any atom is 0.336 e. The van der Waals surface area contributed by atoms with E-state index < -0.39 is 41.1 Å². The van der Waals surface area contributed by atoms with Gasteiger partial charge in [0.05, 0.1) is 22.8 Å². The molecule has 140 valence electrons. The third kappa shape index (κ3) is 5.17. The Balaban J connectivity index is 3.06. The van der Waals surface area contributed by atoms with Crippen LogP contribution in [0.15, 0.2) is 24.3 Å². The summed E-state index contributed by atoms with van der Waals surface area (Å²) >= 11 is 0. The second-order valence-corrected chi connectivity index (χ2v) is 5.82. The van der Waals surface area contributed by atoms with Crippen LogP contribution >= 0.6 is 0 Å². The molecular weight excluding hydrogens is 344 g/mol. The number of ether oxygens (including phenoxy) is 1. The van der Waals surface area contributed by atoms with Crippen LogP contribution in [0.25, 0.3) is 0 Å². The highest BCUT2D eigenvalue weighted by molar-refractivity contribution is 6.05. The van der Waals surface area contributed by atoms with Gasteiger partial charge < -0.3 is 20.1 Å². The lowest BCUT2D eigenvalue weighted by molar-refractivity contribution is -0.143. The van der Waals surface area contributed by atoms with Gasteiger partial charge in [-0.3, -0.25) is 0 Å². The number of carboxylic acids is 3. The molecule has 3 N–H and O–H groups in total. The summed E-state index contributed by atoms with van der Waals surface area (Å²) in [6, 6.07) is 2.05. The normalized spacial score (nSPS) is 11.5. The lowest BCUT2D eigenvalue weighted by Gasteiger charge is -2.15. The van der Waals surface area contributed by atoms with Crippen LogP contribution in [0.5, 0.6) is 0 Å². The highest BCUT2D eigenvalue weighted by Gasteiger charge is 2.25. The number of esters is 1. The van der Waals surface area contributed by atoms with Gasteiger partial charge in [-0.25, -0.2) is 19.2 Å². The zero-order valence-electron chi connectivity index (χ0n) is 14.4. The van der Waals surface area contributed by atoms with Crippen molar-refractivity contribution in [2.75, 3.05) is 0 Å².